The molecule has 0 heterocycles. The average molecular weight is 356 g/mol. The molecule has 3 nitrogen and oxygen atoms in total. The van der Waals surface area contributed by atoms with Crippen molar-refractivity contribution in [3.8, 4) is 0 Å². The zero-order valence-corrected chi connectivity index (χ0v) is 15.7. The molecule has 0 unspecified atom stereocenters. The van der Waals surface area contributed by atoms with Crippen LogP contribution in [0.15, 0.2) is 53.4 Å². The van der Waals surface area contributed by atoms with E-state index in [-0.39, 0.29) is 11.9 Å². The molecule has 3 rings (SSSR count). The summed E-state index contributed by atoms with van der Waals surface area (Å²) in [6, 6.07) is 16.0. The molecule has 0 saturated carbocycles. The van der Waals surface area contributed by atoms with Crippen LogP contribution in [0.4, 0.5) is 0 Å². The summed E-state index contributed by atoms with van der Waals surface area (Å²) in [7, 11) is -1.02. The first-order valence-electron chi connectivity index (χ1n) is 8.91. The smallest absolute Gasteiger partial charge is 0.254 e. The van der Waals surface area contributed by atoms with Gasteiger partial charge in [-0.25, -0.2) is 0 Å². The number of aryl methyl sites for hydroxylation is 1. The molecule has 0 fully saturated rings. The molecule has 1 aliphatic carbocycles. The fourth-order valence-electron chi connectivity index (χ4n) is 3.59. The monoisotopic (exact) mass is 355 g/mol. The molecule has 25 heavy (non-hydrogen) atoms. The summed E-state index contributed by atoms with van der Waals surface area (Å²) in [5, 5.41) is 0. The number of amides is 1. The van der Waals surface area contributed by atoms with E-state index in [4.69, 9.17) is 0 Å². The molecule has 1 aliphatic rings. The van der Waals surface area contributed by atoms with Crippen LogP contribution in [0, 0.1) is 0 Å². The molecular formula is C21H25NO2S. The summed E-state index contributed by atoms with van der Waals surface area (Å²) < 4.78 is 11.5. The third kappa shape index (κ3) is 4.01. The zero-order valence-electron chi connectivity index (χ0n) is 14.9. The lowest BCUT2D eigenvalue weighted by molar-refractivity contribution is 0.0661. The summed E-state index contributed by atoms with van der Waals surface area (Å²) in [5.41, 5.74) is 3.46. The van der Waals surface area contributed by atoms with Gasteiger partial charge >= 0.3 is 0 Å². The molecule has 0 aromatic heterocycles. The van der Waals surface area contributed by atoms with Gasteiger partial charge in [-0.2, -0.15) is 0 Å². The van der Waals surface area contributed by atoms with Crippen LogP contribution in [0.2, 0.25) is 0 Å². The van der Waals surface area contributed by atoms with E-state index in [2.05, 4.69) is 31.2 Å². The topological polar surface area (TPSA) is 37.4 Å². The normalized spacial score (nSPS) is 17.6. The van der Waals surface area contributed by atoms with E-state index in [0.29, 0.717) is 5.56 Å². The highest BCUT2D eigenvalue weighted by Crippen LogP contribution is 2.26. The number of nitrogens with zero attached hydrogens (tertiary/aromatic N) is 1. The van der Waals surface area contributed by atoms with Gasteiger partial charge in [-0.3, -0.25) is 9.00 Å². The largest absolute Gasteiger partial charge is 0.335 e. The molecule has 1 amide bonds. The molecule has 0 radical (unpaired) electrons. The van der Waals surface area contributed by atoms with Crippen molar-refractivity contribution in [1.82, 2.24) is 4.90 Å². The number of carbonyl (C=O) groups is 1. The fraction of sp³-hybridized carbons (Fsp3) is 0.381. The second kappa shape index (κ2) is 7.96. The van der Waals surface area contributed by atoms with Crippen molar-refractivity contribution in [2.75, 3.05) is 12.8 Å². The molecule has 0 bridgehead atoms. The summed E-state index contributed by atoms with van der Waals surface area (Å²) in [4.78, 5) is 15.9. The van der Waals surface area contributed by atoms with Gasteiger partial charge in [-0.1, -0.05) is 31.2 Å². The predicted molar refractivity (Wildman–Crippen MR) is 102 cm³/mol. The van der Waals surface area contributed by atoms with E-state index >= 15 is 0 Å². The van der Waals surface area contributed by atoms with E-state index in [1.165, 1.54) is 11.1 Å². The van der Waals surface area contributed by atoms with Crippen LogP contribution in [0.1, 0.15) is 41.3 Å². The van der Waals surface area contributed by atoms with Crippen molar-refractivity contribution in [3.05, 3.63) is 65.2 Å². The van der Waals surface area contributed by atoms with Crippen molar-refractivity contribution in [3.63, 3.8) is 0 Å². The van der Waals surface area contributed by atoms with Gasteiger partial charge in [-0.05, 0) is 61.1 Å². The van der Waals surface area contributed by atoms with Gasteiger partial charge in [0.2, 0.25) is 0 Å². The third-order valence-electron chi connectivity index (χ3n) is 4.92. The molecule has 0 saturated heterocycles. The number of hydrogen-bond donors (Lipinski definition) is 0. The maximum Gasteiger partial charge on any atom is 0.254 e. The number of carbonyl (C=O) groups excluding carboxylic acids is 1. The van der Waals surface area contributed by atoms with Gasteiger partial charge in [0, 0.05) is 40.1 Å². The molecule has 0 spiro atoms. The highest BCUT2D eigenvalue weighted by Gasteiger charge is 2.27. The van der Waals surface area contributed by atoms with Crippen LogP contribution in [0.25, 0.3) is 0 Å². The molecule has 2 aromatic carbocycles. The van der Waals surface area contributed by atoms with Crippen molar-refractivity contribution < 1.29 is 9.00 Å². The van der Waals surface area contributed by atoms with Crippen LogP contribution in [-0.4, -0.2) is 33.9 Å². The molecule has 0 N–H and O–H groups in total. The summed E-state index contributed by atoms with van der Waals surface area (Å²) in [6.45, 7) is 2.88. The first-order chi connectivity index (χ1) is 12.1. The Hall–Kier alpha value is -1.94. The molecule has 132 valence electrons. The maximum absolute atomic E-state index is 13.1. The summed E-state index contributed by atoms with van der Waals surface area (Å²) in [5.74, 6) is 0.0830. The summed E-state index contributed by atoms with van der Waals surface area (Å²) in [6.07, 6.45) is 5.57. The maximum atomic E-state index is 13.1. The number of fused-ring (bicyclic) bond motifs is 1. The fourth-order valence-corrected chi connectivity index (χ4v) is 4.11. The molecule has 2 aromatic rings. The third-order valence-corrected chi connectivity index (χ3v) is 5.86. The van der Waals surface area contributed by atoms with E-state index in [1.54, 1.807) is 30.5 Å². The number of benzene rings is 2. The van der Waals surface area contributed by atoms with Gasteiger partial charge in [-0.15, -0.1) is 0 Å². The van der Waals surface area contributed by atoms with Crippen LogP contribution < -0.4 is 0 Å². The van der Waals surface area contributed by atoms with Gasteiger partial charge < -0.3 is 4.90 Å². The van der Waals surface area contributed by atoms with E-state index in [0.717, 1.165) is 37.1 Å². The minimum Gasteiger partial charge on any atom is -0.335 e. The highest BCUT2D eigenvalue weighted by atomic mass is 32.2. The molecule has 2 atom stereocenters. The molecule has 0 aliphatic heterocycles. The van der Waals surface area contributed by atoms with Gasteiger partial charge in [0.15, 0.2) is 0 Å². The van der Waals surface area contributed by atoms with Crippen LogP contribution in [-0.2, 0) is 23.6 Å². The lowest BCUT2D eigenvalue weighted by Crippen LogP contribution is -2.43. The first-order valence-corrected chi connectivity index (χ1v) is 10.5. The highest BCUT2D eigenvalue weighted by molar-refractivity contribution is 7.84. The van der Waals surface area contributed by atoms with Crippen molar-refractivity contribution in [2.45, 2.75) is 43.5 Å². The van der Waals surface area contributed by atoms with Crippen molar-refractivity contribution in [1.29, 1.82) is 0 Å². The zero-order chi connectivity index (χ0) is 17.8. The van der Waals surface area contributed by atoms with Crippen LogP contribution >= 0.6 is 0 Å². The second-order valence-corrected chi connectivity index (χ2v) is 8.02. The Labute approximate surface area is 152 Å². The summed E-state index contributed by atoms with van der Waals surface area (Å²) >= 11 is 0. The minimum absolute atomic E-state index is 0.0830. The Morgan fingerprint density at radius 2 is 1.80 bits per heavy atom. The predicted octanol–water partition coefficient (Wildman–Crippen LogP) is 3.83. The first kappa shape index (κ1) is 17.9. The lowest BCUT2D eigenvalue weighted by Gasteiger charge is -2.35. The van der Waals surface area contributed by atoms with Gasteiger partial charge in [0.05, 0.1) is 0 Å². The van der Waals surface area contributed by atoms with Crippen LogP contribution in [0.3, 0.4) is 0 Å². The quantitative estimate of drug-likeness (QED) is 0.817. The Morgan fingerprint density at radius 3 is 2.44 bits per heavy atom. The van der Waals surface area contributed by atoms with Crippen LogP contribution in [0.5, 0.6) is 0 Å². The minimum atomic E-state index is -1.02. The average Bonchev–Trinajstić information content (AvgIpc) is 2.65. The SMILES string of the molecule is CCCN(C(=O)c1ccc([S@](C)=O)cc1)[C@@H]1CCc2ccccc2C1. The standard InChI is InChI=1S/C21H25NO2S/c1-3-14-22(19-11-8-16-6-4-5-7-18(16)15-19)21(23)17-9-12-20(13-10-17)25(2)24/h4-7,9-10,12-13,19H,3,8,11,14-15H2,1-2H3/t19-,25+/m1/s1. The van der Waals surface area contributed by atoms with E-state index < -0.39 is 10.8 Å². The van der Waals surface area contributed by atoms with Crippen molar-refractivity contribution >= 4 is 16.7 Å². The number of hydrogen-bond acceptors (Lipinski definition) is 2. The van der Waals surface area contributed by atoms with Gasteiger partial charge in [0.1, 0.15) is 0 Å². The lowest BCUT2D eigenvalue weighted by atomic mass is 9.87. The van der Waals surface area contributed by atoms with E-state index in [1.807, 2.05) is 4.90 Å². The Morgan fingerprint density at radius 1 is 1.12 bits per heavy atom. The van der Waals surface area contributed by atoms with E-state index in [9.17, 15) is 9.00 Å². The Balaban J connectivity index is 1.81. The van der Waals surface area contributed by atoms with Gasteiger partial charge in [0.25, 0.3) is 5.91 Å². The Kier molecular flexibility index (Phi) is 5.69. The Bertz CT molecular complexity index is 770. The molecular weight excluding hydrogens is 330 g/mol. The second-order valence-electron chi connectivity index (χ2n) is 6.64. The van der Waals surface area contributed by atoms with Crippen molar-refractivity contribution in [2.24, 2.45) is 0 Å². The molecule has 4 heteroatoms. The number of rotatable bonds is 5.